The maximum absolute atomic E-state index is 13.2. The highest BCUT2D eigenvalue weighted by atomic mass is 35.5. The first-order chi connectivity index (χ1) is 16.3. The highest BCUT2D eigenvalue weighted by molar-refractivity contribution is 6.31. The number of hydrogen-bond acceptors (Lipinski definition) is 4. The number of rotatable bonds is 9. The van der Waals surface area contributed by atoms with E-state index in [2.05, 4.69) is 10.6 Å². The fraction of sp³-hybridized carbons (Fsp3) is 0.240. The van der Waals surface area contributed by atoms with Crippen LogP contribution < -0.4 is 21.9 Å². The molecule has 0 spiro atoms. The number of amides is 2. The van der Waals surface area contributed by atoms with Crippen LogP contribution in [0, 0.1) is 0 Å². The fourth-order valence-electron chi connectivity index (χ4n) is 3.60. The smallest absolute Gasteiger partial charge is 0.319 e. The second kappa shape index (κ2) is 11.5. The van der Waals surface area contributed by atoms with Crippen LogP contribution in [0.2, 0.25) is 5.02 Å². The van der Waals surface area contributed by atoms with Crippen molar-refractivity contribution in [3.05, 3.63) is 98.4 Å². The molecule has 0 aliphatic rings. The van der Waals surface area contributed by atoms with E-state index in [9.17, 15) is 19.5 Å². The van der Waals surface area contributed by atoms with E-state index >= 15 is 0 Å². The molecule has 5 N–H and O–H groups in total. The number of halogens is 1. The minimum Gasteiger partial charge on any atom is -0.481 e. The first-order valence-electron chi connectivity index (χ1n) is 10.9. The monoisotopic (exact) mass is 482 g/mol. The molecule has 1 aromatic heterocycles. The number of carboxylic acid groups (broad SMARTS) is 1. The summed E-state index contributed by atoms with van der Waals surface area (Å²) in [6, 6.07) is 14.6. The van der Waals surface area contributed by atoms with Gasteiger partial charge in [0.15, 0.2) is 0 Å². The highest BCUT2D eigenvalue weighted by Crippen LogP contribution is 2.20. The van der Waals surface area contributed by atoms with E-state index in [1.807, 2.05) is 25.1 Å². The van der Waals surface area contributed by atoms with Gasteiger partial charge in [0.05, 0.1) is 19.0 Å². The predicted octanol–water partition coefficient (Wildman–Crippen LogP) is 3.91. The van der Waals surface area contributed by atoms with Crippen LogP contribution >= 0.6 is 11.6 Å². The summed E-state index contributed by atoms with van der Waals surface area (Å²) in [4.78, 5) is 37.4. The summed E-state index contributed by atoms with van der Waals surface area (Å²) in [5, 5.41) is 15.2. The SMILES string of the molecule is CCc1ccn(Cc2ccccc2Cl)c(=O)c1NC(=O)N[C@@H](CC(=O)O)c1ccc(CN)cc1. The molecule has 1 atom stereocenters. The van der Waals surface area contributed by atoms with Crippen LogP contribution in [0.1, 0.15) is 41.6 Å². The second-order valence-corrected chi connectivity index (χ2v) is 8.20. The fourth-order valence-corrected chi connectivity index (χ4v) is 3.79. The van der Waals surface area contributed by atoms with Gasteiger partial charge in [-0.15, -0.1) is 0 Å². The number of aliphatic carboxylic acids is 1. The van der Waals surface area contributed by atoms with Crippen LogP contribution in [0.4, 0.5) is 10.5 Å². The average molecular weight is 483 g/mol. The lowest BCUT2D eigenvalue weighted by Crippen LogP contribution is -2.36. The van der Waals surface area contributed by atoms with Crippen molar-refractivity contribution in [1.82, 2.24) is 9.88 Å². The zero-order valence-electron chi connectivity index (χ0n) is 18.8. The molecule has 0 saturated carbocycles. The molecule has 0 aliphatic carbocycles. The van der Waals surface area contributed by atoms with Gasteiger partial charge in [0.1, 0.15) is 5.69 Å². The Labute approximate surface area is 202 Å². The summed E-state index contributed by atoms with van der Waals surface area (Å²) in [5.41, 5.74) is 8.33. The molecular formula is C25H27ClN4O4. The van der Waals surface area contributed by atoms with E-state index in [1.165, 1.54) is 4.57 Å². The first-order valence-corrected chi connectivity index (χ1v) is 11.2. The largest absolute Gasteiger partial charge is 0.481 e. The summed E-state index contributed by atoms with van der Waals surface area (Å²) < 4.78 is 1.47. The van der Waals surface area contributed by atoms with Gasteiger partial charge >= 0.3 is 12.0 Å². The lowest BCUT2D eigenvalue weighted by atomic mass is 10.0. The molecule has 1 heterocycles. The number of carbonyl (C=O) groups excluding carboxylic acids is 1. The van der Waals surface area contributed by atoms with Crippen molar-refractivity contribution >= 4 is 29.3 Å². The Kier molecular flexibility index (Phi) is 8.45. The number of carbonyl (C=O) groups is 2. The van der Waals surface area contributed by atoms with E-state index in [1.54, 1.807) is 42.6 Å². The van der Waals surface area contributed by atoms with Crippen molar-refractivity contribution in [3.63, 3.8) is 0 Å². The summed E-state index contributed by atoms with van der Waals surface area (Å²) in [7, 11) is 0. The van der Waals surface area contributed by atoms with Crippen molar-refractivity contribution in [2.45, 2.75) is 38.9 Å². The number of anilines is 1. The van der Waals surface area contributed by atoms with Gasteiger partial charge < -0.3 is 26.0 Å². The third-order valence-corrected chi connectivity index (χ3v) is 5.84. The van der Waals surface area contributed by atoms with Gasteiger partial charge in [0.2, 0.25) is 0 Å². The van der Waals surface area contributed by atoms with Crippen LogP contribution in [-0.2, 0) is 24.3 Å². The molecule has 2 aromatic carbocycles. The van der Waals surface area contributed by atoms with E-state index in [4.69, 9.17) is 17.3 Å². The van der Waals surface area contributed by atoms with Gasteiger partial charge in [0, 0.05) is 17.8 Å². The van der Waals surface area contributed by atoms with Crippen LogP contribution in [0.15, 0.2) is 65.6 Å². The Hall–Kier alpha value is -3.62. The third-order valence-electron chi connectivity index (χ3n) is 5.47. The lowest BCUT2D eigenvalue weighted by molar-refractivity contribution is -0.137. The Morgan fingerprint density at radius 1 is 1.09 bits per heavy atom. The Balaban J connectivity index is 1.84. The minimum absolute atomic E-state index is 0.141. The molecule has 178 valence electrons. The van der Waals surface area contributed by atoms with Gasteiger partial charge in [0.25, 0.3) is 5.56 Å². The molecule has 0 bridgehead atoms. The summed E-state index contributed by atoms with van der Waals surface area (Å²) in [6.45, 7) is 2.47. The van der Waals surface area contributed by atoms with Crippen LogP contribution in [0.5, 0.6) is 0 Å². The van der Waals surface area contributed by atoms with Crippen molar-refractivity contribution in [2.24, 2.45) is 5.73 Å². The number of nitrogens with zero attached hydrogens (tertiary/aromatic N) is 1. The van der Waals surface area contributed by atoms with Crippen molar-refractivity contribution in [2.75, 3.05) is 5.32 Å². The van der Waals surface area contributed by atoms with Gasteiger partial charge in [-0.05, 0) is 40.8 Å². The maximum Gasteiger partial charge on any atom is 0.319 e. The van der Waals surface area contributed by atoms with E-state index in [-0.39, 0.29) is 24.2 Å². The summed E-state index contributed by atoms with van der Waals surface area (Å²) in [6.07, 6.45) is 1.87. The molecule has 34 heavy (non-hydrogen) atoms. The molecule has 2 amide bonds. The van der Waals surface area contributed by atoms with E-state index in [0.717, 1.165) is 11.1 Å². The topological polar surface area (TPSA) is 126 Å². The normalized spacial score (nSPS) is 11.6. The molecule has 9 heteroatoms. The number of nitrogens with one attached hydrogen (secondary N) is 2. The number of nitrogens with two attached hydrogens (primary N) is 1. The van der Waals surface area contributed by atoms with Crippen LogP contribution in [0.25, 0.3) is 0 Å². The number of pyridine rings is 1. The van der Waals surface area contributed by atoms with Gasteiger partial charge in [-0.25, -0.2) is 4.79 Å². The predicted molar refractivity (Wildman–Crippen MR) is 132 cm³/mol. The minimum atomic E-state index is -1.07. The second-order valence-electron chi connectivity index (χ2n) is 7.79. The van der Waals surface area contributed by atoms with Gasteiger partial charge in [-0.1, -0.05) is 61.0 Å². The summed E-state index contributed by atoms with van der Waals surface area (Å²) >= 11 is 6.24. The molecule has 0 saturated heterocycles. The molecule has 3 rings (SSSR count). The van der Waals surface area contributed by atoms with E-state index < -0.39 is 18.0 Å². The summed E-state index contributed by atoms with van der Waals surface area (Å²) in [5.74, 6) is -1.07. The Morgan fingerprint density at radius 3 is 2.41 bits per heavy atom. The van der Waals surface area contributed by atoms with Gasteiger partial charge in [-0.3, -0.25) is 9.59 Å². The maximum atomic E-state index is 13.2. The zero-order valence-corrected chi connectivity index (χ0v) is 19.5. The van der Waals surface area contributed by atoms with Crippen LogP contribution in [-0.4, -0.2) is 21.7 Å². The van der Waals surface area contributed by atoms with Crippen molar-refractivity contribution < 1.29 is 14.7 Å². The highest BCUT2D eigenvalue weighted by Gasteiger charge is 2.20. The van der Waals surface area contributed by atoms with Crippen LogP contribution in [0.3, 0.4) is 0 Å². The molecule has 0 unspecified atom stereocenters. The quantitative estimate of drug-likeness (QED) is 0.368. The molecule has 0 aliphatic heterocycles. The van der Waals surface area contributed by atoms with Crippen molar-refractivity contribution in [1.29, 1.82) is 0 Å². The molecule has 3 aromatic rings. The molecule has 0 radical (unpaired) electrons. The van der Waals surface area contributed by atoms with Gasteiger partial charge in [-0.2, -0.15) is 0 Å². The number of aryl methyl sites for hydroxylation is 1. The number of urea groups is 1. The van der Waals surface area contributed by atoms with Crippen molar-refractivity contribution in [3.8, 4) is 0 Å². The number of benzene rings is 2. The molecule has 0 fully saturated rings. The third kappa shape index (κ3) is 6.24. The standard InChI is InChI=1S/C25H27ClN4O4/c1-2-17-11-12-30(15-19-5-3-4-6-20(19)26)24(33)23(17)29-25(34)28-21(13-22(31)32)18-9-7-16(14-27)8-10-18/h3-12,21H,2,13-15,27H2,1H3,(H,31,32)(H2,28,29,34)/t21-/m0/s1. The Morgan fingerprint density at radius 2 is 1.79 bits per heavy atom. The number of hydrogen-bond donors (Lipinski definition) is 4. The molecule has 8 nitrogen and oxygen atoms in total. The number of carboxylic acids is 1. The Bertz CT molecular complexity index is 1220. The lowest BCUT2D eigenvalue weighted by Gasteiger charge is -2.19. The average Bonchev–Trinajstić information content (AvgIpc) is 2.82. The zero-order chi connectivity index (χ0) is 24.7. The molecular weight excluding hydrogens is 456 g/mol. The number of aromatic nitrogens is 1. The van der Waals surface area contributed by atoms with E-state index in [0.29, 0.717) is 29.1 Å². The first kappa shape index (κ1) is 25.0.